The van der Waals surface area contributed by atoms with Crippen LogP contribution in [0.15, 0.2) is 36.4 Å². The van der Waals surface area contributed by atoms with Crippen LogP contribution < -0.4 is 10.6 Å². The van der Waals surface area contributed by atoms with E-state index in [0.717, 1.165) is 36.7 Å². The molecule has 0 atom stereocenters. The Morgan fingerprint density at radius 3 is 2.42 bits per heavy atom. The highest BCUT2D eigenvalue weighted by Crippen LogP contribution is 2.08. The van der Waals surface area contributed by atoms with E-state index in [0.29, 0.717) is 0 Å². The smallest absolute Gasteiger partial charge is 0.148 e. The second-order valence-electron chi connectivity index (χ2n) is 4.57. The van der Waals surface area contributed by atoms with Crippen molar-refractivity contribution in [2.75, 3.05) is 23.7 Å². The highest BCUT2D eigenvalue weighted by Gasteiger charge is 1.98. The molecule has 0 aliphatic carbocycles. The minimum absolute atomic E-state index is 0.850. The third kappa shape index (κ3) is 4.25. The van der Waals surface area contributed by atoms with Crippen LogP contribution in [0.3, 0.4) is 0 Å². The molecular formula is C15H20N4. The van der Waals surface area contributed by atoms with E-state index in [1.807, 2.05) is 38.1 Å². The van der Waals surface area contributed by atoms with E-state index in [4.69, 9.17) is 0 Å². The number of anilines is 2. The molecule has 0 saturated carbocycles. The predicted molar refractivity (Wildman–Crippen MR) is 79.5 cm³/mol. The minimum atomic E-state index is 0.850. The van der Waals surface area contributed by atoms with Crippen LogP contribution >= 0.6 is 0 Å². The van der Waals surface area contributed by atoms with Gasteiger partial charge in [0, 0.05) is 18.8 Å². The maximum Gasteiger partial charge on any atom is 0.148 e. The first-order valence-electron chi connectivity index (χ1n) is 6.59. The Morgan fingerprint density at radius 1 is 0.947 bits per heavy atom. The van der Waals surface area contributed by atoms with E-state index in [1.165, 1.54) is 5.56 Å². The number of nitrogens with zero attached hydrogens (tertiary/aromatic N) is 2. The molecule has 100 valence electrons. The number of rotatable bonds is 6. The molecular weight excluding hydrogens is 236 g/mol. The monoisotopic (exact) mass is 256 g/mol. The molecule has 4 nitrogen and oxygen atoms in total. The Morgan fingerprint density at radius 2 is 1.68 bits per heavy atom. The molecule has 2 aromatic rings. The van der Waals surface area contributed by atoms with Gasteiger partial charge < -0.3 is 10.6 Å². The molecule has 0 amide bonds. The summed E-state index contributed by atoms with van der Waals surface area (Å²) in [6, 6.07) is 12.3. The number of para-hydroxylation sites is 1. The highest BCUT2D eigenvalue weighted by molar-refractivity contribution is 5.42. The van der Waals surface area contributed by atoms with Crippen molar-refractivity contribution in [1.82, 2.24) is 10.2 Å². The molecule has 0 bridgehead atoms. The molecule has 2 rings (SSSR count). The van der Waals surface area contributed by atoms with Gasteiger partial charge in [0.25, 0.3) is 0 Å². The van der Waals surface area contributed by atoms with Crippen molar-refractivity contribution in [1.29, 1.82) is 0 Å². The largest absolute Gasteiger partial charge is 0.385 e. The summed E-state index contributed by atoms with van der Waals surface area (Å²) in [5, 5.41) is 14.9. The molecule has 1 aromatic heterocycles. The summed E-state index contributed by atoms with van der Waals surface area (Å²) in [5.74, 6) is 0.850. The van der Waals surface area contributed by atoms with Gasteiger partial charge in [0.2, 0.25) is 0 Å². The van der Waals surface area contributed by atoms with Crippen LogP contribution in [-0.4, -0.2) is 23.3 Å². The van der Waals surface area contributed by atoms with Crippen molar-refractivity contribution in [3.8, 4) is 0 Å². The Kier molecular flexibility index (Phi) is 4.72. The molecule has 0 fully saturated rings. The fourth-order valence-corrected chi connectivity index (χ4v) is 1.73. The van der Waals surface area contributed by atoms with Crippen LogP contribution in [0.5, 0.6) is 0 Å². The third-order valence-corrected chi connectivity index (χ3v) is 2.99. The molecule has 0 unspecified atom stereocenters. The van der Waals surface area contributed by atoms with Crippen molar-refractivity contribution in [2.24, 2.45) is 0 Å². The fourth-order valence-electron chi connectivity index (χ4n) is 1.73. The Labute approximate surface area is 114 Å². The standard InChI is InChI=1S/C15H20N4/c1-12-11-15(19-18-13(12)2)17-10-6-9-16-14-7-4-3-5-8-14/h3-5,7-8,11,16H,6,9-10H2,1-2H3,(H,17,19). The third-order valence-electron chi connectivity index (χ3n) is 2.99. The average Bonchev–Trinajstić information content (AvgIpc) is 2.43. The van der Waals surface area contributed by atoms with Crippen molar-refractivity contribution >= 4 is 11.5 Å². The van der Waals surface area contributed by atoms with Crippen LogP contribution in [0, 0.1) is 13.8 Å². The van der Waals surface area contributed by atoms with Crippen molar-refractivity contribution in [3.63, 3.8) is 0 Å². The molecule has 0 aliphatic heterocycles. The van der Waals surface area contributed by atoms with Gasteiger partial charge in [0.05, 0.1) is 5.69 Å². The molecule has 1 aromatic carbocycles. The topological polar surface area (TPSA) is 49.8 Å². The summed E-state index contributed by atoms with van der Waals surface area (Å²) in [7, 11) is 0. The summed E-state index contributed by atoms with van der Waals surface area (Å²) in [6.07, 6.45) is 1.03. The Bertz CT molecular complexity index is 511. The maximum atomic E-state index is 4.11. The van der Waals surface area contributed by atoms with Gasteiger partial charge in [-0.3, -0.25) is 0 Å². The highest BCUT2D eigenvalue weighted by atomic mass is 15.2. The van der Waals surface area contributed by atoms with Crippen LogP contribution in [-0.2, 0) is 0 Å². The zero-order chi connectivity index (χ0) is 13.5. The summed E-state index contributed by atoms with van der Waals surface area (Å²) in [6.45, 7) is 5.84. The predicted octanol–water partition coefficient (Wildman–Crippen LogP) is 3.01. The molecule has 4 heteroatoms. The lowest BCUT2D eigenvalue weighted by Gasteiger charge is -2.08. The van der Waals surface area contributed by atoms with Gasteiger partial charge in [0.1, 0.15) is 5.82 Å². The van der Waals surface area contributed by atoms with Crippen LogP contribution in [0.25, 0.3) is 0 Å². The molecule has 19 heavy (non-hydrogen) atoms. The maximum absolute atomic E-state index is 4.11. The first-order valence-corrected chi connectivity index (χ1v) is 6.59. The van der Waals surface area contributed by atoms with Gasteiger partial charge in [-0.05, 0) is 44.0 Å². The minimum Gasteiger partial charge on any atom is -0.385 e. The number of hydrogen-bond donors (Lipinski definition) is 2. The van der Waals surface area contributed by atoms with Crippen molar-refractivity contribution < 1.29 is 0 Å². The van der Waals surface area contributed by atoms with Gasteiger partial charge in [-0.25, -0.2) is 0 Å². The van der Waals surface area contributed by atoms with Gasteiger partial charge in [-0.2, -0.15) is 5.10 Å². The lowest BCUT2D eigenvalue weighted by molar-refractivity contribution is 0.885. The molecule has 1 heterocycles. The summed E-state index contributed by atoms with van der Waals surface area (Å²) >= 11 is 0. The van der Waals surface area contributed by atoms with Gasteiger partial charge in [0.15, 0.2) is 0 Å². The van der Waals surface area contributed by atoms with E-state index >= 15 is 0 Å². The molecule has 0 radical (unpaired) electrons. The van der Waals surface area contributed by atoms with E-state index in [2.05, 4.69) is 33.0 Å². The van der Waals surface area contributed by atoms with Crippen LogP contribution in [0.4, 0.5) is 11.5 Å². The summed E-state index contributed by atoms with van der Waals surface area (Å²) in [5.41, 5.74) is 3.31. The average molecular weight is 256 g/mol. The van der Waals surface area contributed by atoms with Crippen molar-refractivity contribution in [3.05, 3.63) is 47.7 Å². The first-order chi connectivity index (χ1) is 9.25. The lowest BCUT2D eigenvalue weighted by atomic mass is 10.2. The number of hydrogen-bond acceptors (Lipinski definition) is 4. The number of benzene rings is 1. The second-order valence-corrected chi connectivity index (χ2v) is 4.57. The summed E-state index contributed by atoms with van der Waals surface area (Å²) in [4.78, 5) is 0. The quantitative estimate of drug-likeness (QED) is 0.780. The van der Waals surface area contributed by atoms with Gasteiger partial charge in [-0.1, -0.05) is 18.2 Å². The lowest BCUT2D eigenvalue weighted by Crippen LogP contribution is -2.10. The van der Waals surface area contributed by atoms with E-state index in [9.17, 15) is 0 Å². The van der Waals surface area contributed by atoms with E-state index in [-0.39, 0.29) is 0 Å². The SMILES string of the molecule is Cc1cc(NCCCNc2ccccc2)nnc1C. The zero-order valence-corrected chi connectivity index (χ0v) is 11.5. The number of nitrogens with one attached hydrogen (secondary N) is 2. The zero-order valence-electron chi connectivity index (χ0n) is 11.5. The Hall–Kier alpha value is -2.10. The van der Waals surface area contributed by atoms with E-state index < -0.39 is 0 Å². The molecule has 0 saturated heterocycles. The normalized spacial score (nSPS) is 10.2. The molecule has 2 N–H and O–H groups in total. The molecule has 0 aliphatic rings. The van der Waals surface area contributed by atoms with Crippen LogP contribution in [0.1, 0.15) is 17.7 Å². The second kappa shape index (κ2) is 6.73. The van der Waals surface area contributed by atoms with Crippen molar-refractivity contribution in [2.45, 2.75) is 20.3 Å². The Balaban J connectivity index is 1.68. The number of aromatic nitrogens is 2. The van der Waals surface area contributed by atoms with E-state index in [1.54, 1.807) is 0 Å². The van der Waals surface area contributed by atoms with Gasteiger partial charge in [-0.15, -0.1) is 5.10 Å². The summed E-state index contributed by atoms with van der Waals surface area (Å²) < 4.78 is 0. The number of aryl methyl sites for hydroxylation is 2. The van der Waals surface area contributed by atoms with Gasteiger partial charge >= 0.3 is 0 Å². The van der Waals surface area contributed by atoms with Crippen LogP contribution in [0.2, 0.25) is 0 Å². The first kappa shape index (κ1) is 13.3. The molecule has 0 spiro atoms. The fraction of sp³-hybridized carbons (Fsp3) is 0.333.